The van der Waals surface area contributed by atoms with E-state index in [1.165, 1.54) is 24.4 Å². The normalized spacial score (nSPS) is 14.4. The summed E-state index contributed by atoms with van der Waals surface area (Å²) in [6.07, 6.45) is -3.27. The minimum atomic E-state index is -4.57. The van der Waals surface area contributed by atoms with Crippen LogP contribution in [0.15, 0.2) is 54.7 Å². The number of halogens is 4. The van der Waals surface area contributed by atoms with Crippen LogP contribution in [0.1, 0.15) is 38.2 Å². The number of nitrogens with zero attached hydrogens (tertiary/aromatic N) is 4. The van der Waals surface area contributed by atoms with Crippen molar-refractivity contribution in [1.82, 2.24) is 19.8 Å². The summed E-state index contributed by atoms with van der Waals surface area (Å²) in [5, 5.41) is 2.79. The van der Waals surface area contributed by atoms with Gasteiger partial charge in [-0.3, -0.25) is 9.69 Å². The number of nitrogens with one attached hydrogen (secondary N) is 1. The first-order valence-electron chi connectivity index (χ1n) is 13.2. The number of benzene rings is 3. The van der Waals surface area contributed by atoms with Gasteiger partial charge in [-0.1, -0.05) is 24.0 Å². The minimum Gasteiger partial charge on any atom is -0.368 e. The number of nitrogen functional groups attached to an aromatic ring is 1. The van der Waals surface area contributed by atoms with Gasteiger partial charge in [0.2, 0.25) is 5.95 Å². The highest BCUT2D eigenvalue weighted by Gasteiger charge is 2.34. The standard InChI is InChI=1S/C31H28F4N6O/c1-19-3-5-22(15-21(19)6-4-20-13-27(32)25-17-37-30(36)39-28(25)14-20)29(42)38-24-8-7-23(26(16-24)31(33,34)35)18-41-11-9-40(2)10-12-41/h3,5,7-8,13-17H,9-12,18H2,1-2H3,(H,38,42)(H2,36,37,39). The number of alkyl halides is 3. The number of hydrogen-bond acceptors (Lipinski definition) is 6. The first-order valence-corrected chi connectivity index (χ1v) is 13.2. The molecule has 5 rings (SSSR count). The van der Waals surface area contributed by atoms with Gasteiger partial charge in [0.1, 0.15) is 5.82 Å². The zero-order chi connectivity index (χ0) is 30.0. The summed E-state index contributed by atoms with van der Waals surface area (Å²) in [6, 6.07) is 11.5. The van der Waals surface area contributed by atoms with Gasteiger partial charge in [-0.05, 0) is 61.5 Å². The predicted octanol–water partition coefficient (Wildman–Crippen LogP) is 5.08. The fourth-order valence-electron chi connectivity index (χ4n) is 4.72. The molecule has 0 bridgehead atoms. The van der Waals surface area contributed by atoms with Crippen molar-refractivity contribution in [2.75, 3.05) is 44.3 Å². The number of amides is 1. The number of carbonyl (C=O) groups is 1. The Morgan fingerprint density at radius 1 is 1.05 bits per heavy atom. The summed E-state index contributed by atoms with van der Waals surface area (Å²) in [6.45, 7) is 4.93. The third-order valence-electron chi connectivity index (χ3n) is 7.17. The number of aryl methyl sites for hydroxylation is 1. The molecule has 1 saturated heterocycles. The molecular formula is C31H28F4N6O. The molecule has 4 aromatic rings. The van der Waals surface area contributed by atoms with E-state index in [4.69, 9.17) is 5.73 Å². The highest BCUT2D eigenvalue weighted by Crippen LogP contribution is 2.35. The molecule has 11 heteroatoms. The van der Waals surface area contributed by atoms with Crippen LogP contribution in [0.3, 0.4) is 0 Å². The van der Waals surface area contributed by atoms with Crippen LogP contribution in [0.2, 0.25) is 0 Å². The Kier molecular flexibility index (Phi) is 8.11. The zero-order valence-corrected chi connectivity index (χ0v) is 23.0. The Morgan fingerprint density at radius 2 is 1.81 bits per heavy atom. The van der Waals surface area contributed by atoms with E-state index in [1.807, 2.05) is 11.9 Å². The third-order valence-corrected chi connectivity index (χ3v) is 7.17. The van der Waals surface area contributed by atoms with E-state index in [0.717, 1.165) is 24.7 Å². The Hall–Kier alpha value is -4.53. The molecule has 0 spiro atoms. The van der Waals surface area contributed by atoms with E-state index in [-0.39, 0.29) is 34.7 Å². The maximum absolute atomic E-state index is 14.5. The van der Waals surface area contributed by atoms with Crippen molar-refractivity contribution in [2.45, 2.75) is 19.6 Å². The van der Waals surface area contributed by atoms with E-state index < -0.39 is 23.5 Å². The monoisotopic (exact) mass is 576 g/mol. The molecule has 3 aromatic carbocycles. The molecular weight excluding hydrogens is 548 g/mol. The molecule has 0 unspecified atom stereocenters. The summed E-state index contributed by atoms with van der Waals surface area (Å²) in [5.41, 5.74) is 7.18. The van der Waals surface area contributed by atoms with Crippen molar-refractivity contribution >= 4 is 28.4 Å². The predicted molar refractivity (Wildman–Crippen MR) is 153 cm³/mol. The topological polar surface area (TPSA) is 87.4 Å². The van der Waals surface area contributed by atoms with Gasteiger partial charge < -0.3 is 16.0 Å². The minimum absolute atomic E-state index is 0.00796. The Labute approximate surface area is 240 Å². The van der Waals surface area contributed by atoms with Crippen molar-refractivity contribution < 1.29 is 22.4 Å². The van der Waals surface area contributed by atoms with Gasteiger partial charge in [-0.15, -0.1) is 0 Å². The van der Waals surface area contributed by atoms with Crippen molar-refractivity contribution in [2.24, 2.45) is 0 Å². The number of aromatic nitrogens is 2. The van der Waals surface area contributed by atoms with E-state index in [2.05, 4.69) is 32.0 Å². The molecule has 1 aromatic heterocycles. The smallest absolute Gasteiger partial charge is 0.368 e. The highest BCUT2D eigenvalue weighted by molar-refractivity contribution is 6.04. The lowest BCUT2D eigenvalue weighted by atomic mass is 10.0. The number of hydrogen-bond donors (Lipinski definition) is 2. The lowest BCUT2D eigenvalue weighted by Crippen LogP contribution is -2.44. The van der Waals surface area contributed by atoms with Crippen LogP contribution in [0.25, 0.3) is 10.9 Å². The summed E-state index contributed by atoms with van der Waals surface area (Å²) in [4.78, 5) is 25.0. The van der Waals surface area contributed by atoms with Crippen LogP contribution in [-0.4, -0.2) is 58.9 Å². The number of likely N-dealkylation sites (N-methyl/N-ethyl adjacent to an activating group) is 1. The first kappa shape index (κ1) is 29.0. The van der Waals surface area contributed by atoms with Crippen LogP contribution < -0.4 is 11.1 Å². The first-order chi connectivity index (χ1) is 20.0. The second kappa shape index (κ2) is 11.8. The van der Waals surface area contributed by atoms with Crippen LogP contribution in [0, 0.1) is 24.6 Å². The molecule has 42 heavy (non-hydrogen) atoms. The van der Waals surface area contributed by atoms with E-state index in [1.54, 1.807) is 31.2 Å². The number of fused-ring (bicyclic) bond motifs is 1. The number of anilines is 2. The highest BCUT2D eigenvalue weighted by atomic mass is 19.4. The molecule has 1 fully saturated rings. The van der Waals surface area contributed by atoms with Crippen LogP contribution in [0.4, 0.5) is 29.2 Å². The molecule has 1 amide bonds. The van der Waals surface area contributed by atoms with E-state index in [0.29, 0.717) is 29.7 Å². The molecule has 0 saturated carbocycles. The lowest BCUT2D eigenvalue weighted by molar-refractivity contribution is -0.138. The summed E-state index contributed by atoms with van der Waals surface area (Å²) < 4.78 is 56.4. The Balaban J connectivity index is 1.36. The van der Waals surface area contributed by atoms with Crippen molar-refractivity contribution in [3.63, 3.8) is 0 Å². The van der Waals surface area contributed by atoms with Crippen LogP contribution in [0.5, 0.6) is 0 Å². The van der Waals surface area contributed by atoms with E-state index in [9.17, 15) is 22.4 Å². The molecule has 2 heterocycles. The lowest BCUT2D eigenvalue weighted by Gasteiger charge is -2.33. The van der Waals surface area contributed by atoms with Gasteiger partial charge in [0.15, 0.2) is 0 Å². The average Bonchev–Trinajstić information content (AvgIpc) is 2.93. The third kappa shape index (κ3) is 6.67. The van der Waals surface area contributed by atoms with Gasteiger partial charge >= 0.3 is 6.18 Å². The second-order valence-corrected chi connectivity index (χ2v) is 10.3. The quantitative estimate of drug-likeness (QED) is 0.261. The molecule has 0 atom stereocenters. The van der Waals surface area contributed by atoms with Gasteiger partial charge in [-0.25, -0.2) is 14.4 Å². The van der Waals surface area contributed by atoms with Crippen LogP contribution in [-0.2, 0) is 12.7 Å². The number of rotatable bonds is 4. The second-order valence-electron chi connectivity index (χ2n) is 10.3. The van der Waals surface area contributed by atoms with Crippen molar-refractivity contribution in [3.05, 3.63) is 93.9 Å². The van der Waals surface area contributed by atoms with Crippen LogP contribution >= 0.6 is 0 Å². The number of nitrogens with two attached hydrogens (primary N) is 1. The summed E-state index contributed by atoms with van der Waals surface area (Å²) >= 11 is 0. The summed E-state index contributed by atoms with van der Waals surface area (Å²) in [5.74, 6) is 4.71. The van der Waals surface area contributed by atoms with Gasteiger partial charge in [-0.2, -0.15) is 13.2 Å². The molecule has 7 nitrogen and oxygen atoms in total. The molecule has 0 aliphatic carbocycles. The van der Waals surface area contributed by atoms with Crippen molar-refractivity contribution in [1.29, 1.82) is 0 Å². The molecule has 3 N–H and O–H groups in total. The molecule has 1 aliphatic rings. The SMILES string of the molecule is Cc1ccc(C(=O)Nc2ccc(CN3CCN(C)CC3)c(C(F)(F)F)c2)cc1C#Cc1cc(F)c2cnc(N)nc2c1. The van der Waals surface area contributed by atoms with E-state index >= 15 is 0 Å². The molecule has 1 aliphatic heterocycles. The summed E-state index contributed by atoms with van der Waals surface area (Å²) in [7, 11) is 1.98. The Bertz CT molecular complexity index is 1720. The van der Waals surface area contributed by atoms with Gasteiger partial charge in [0, 0.05) is 61.3 Å². The maximum Gasteiger partial charge on any atom is 0.416 e. The Morgan fingerprint density at radius 3 is 2.55 bits per heavy atom. The molecule has 216 valence electrons. The van der Waals surface area contributed by atoms with Gasteiger partial charge in [0.05, 0.1) is 16.5 Å². The largest absolute Gasteiger partial charge is 0.416 e. The van der Waals surface area contributed by atoms with Gasteiger partial charge in [0.25, 0.3) is 5.91 Å². The zero-order valence-electron chi connectivity index (χ0n) is 23.0. The average molecular weight is 577 g/mol. The fourth-order valence-corrected chi connectivity index (χ4v) is 4.72. The molecule has 0 radical (unpaired) electrons. The fraction of sp³-hybridized carbons (Fsp3) is 0.258. The number of piperazine rings is 1. The maximum atomic E-state index is 14.5. The number of carbonyl (C=O) groups excluding carboxylic acids is 1. The van der Waals surface area contributed by atoms with Crippen molar-refractivity contribution in [3.8, 4) is 11.8 Å².